The topological polar surface area (TPSA) is 101 Å². The van der Waals surface area contributed by atoms with Crippen LogP contribution in [0.2, 0.25) is 0 Å². The number of benzene rings is 2. The average molecular weight is 409 g/mol. The van der Waals surface area contributed by atoms with Gasteiger partial charge in [-0.05, 0) is 30.7 Å². The number of likely N-dealkylation sites (N-methyl/N-ethyl adjacent to an activating group) is 1. The van der Waals surface area contributed by atoms with Crippen molar-refractivity contribution in [2.24, 2.45) is 0 Å². The van der Waals surface area contributed by atoms with E-state index in [2.05, 4.69) is 5.32 Å². The monoisotopic (exact) mass is 409 g/mol. The lowest BCUT2D eigenvalue weighted by molar-refractivity contribution is -0.128. The van der Waals surface area contributed by atoms with Crippen molar-refractivity contribution >= 4 is 17.5 Å². The molecule has 0 saturated heterocycles. The summed E-state index contributed by atoms with van der Waals surface area (Å²) >= 11 is 0. The van der Waals surface area contributed by atoms with Crippen LogP contribution in [0.1, 0.15) is 18.4 Å². The zero-order chi connectivity index (χ0) is 21.5. The van der Waals surface area contributed by atoms with Crippen LogP contribution < -0.4 is 24.4 Å². The van der Waals surface area contributed by atoms with E-state index in [1.54, 1.807) is 41.3 Å². The Morgan fingerprint density at radius 2 is 2.07 bits per heavy atom. The van der Waals surface area contributed by atoms with Crippen molar-refractivity contribution in [1.29, 1.82) is 5.26 Å². The summed E-state index contributed by atoms with van der Waals surface area (Å²) in [6.45, 7) is 0.457. The quantitative estimate of drug-likeness (QED) is 0.704. The normalized spacial score (nSPS) is 14.7. The second kappa shape index (κ2) is 9.65. The Morgan fingerprint density at radius 3 is 2.80 bits per heavy atom. The summed E-state index contributed by atoms with van der Waals surface area (Å²) in [5.41, 5.74) is 1.13. The van der Waals surface area contributed by atoms with Gasteiger partial charge in [-0.15, -0.1) is 0 Å². The summed E-state index contributed by atoms with van der Waals surface area (Å²) < 4.78 is 16.7. The maximum atomic E-state index is 12.9. The van der Waals surface area contributed by atoms with Gasteiger partial charge in [-0.3, -0.25) is 9.59 Å². The highest BCUT2D eigenvalue weighted by Gasteiger charge is 2.32. The minimum atomic E-state index is -0.756. The van der Waals surface area contributed by atoms with Crippen molar-refractivity contribution in [3.63, 3.8) is 0 Å². The number of carbonyl (C=O) groups is 2. The van der Waals surface area contributed by atoms with E-state index < -0.39 is 6.10 Å². The number of ether oxygens (including phenoxy) is 3. The number of methoxy groups -OCH3 is 1. The molecule has 30 heavy (non-hydrogen) atoms. The average Bonchev–Trinajstić information content (AvgIpc) is 2.80. The molecule has 0 saturated carbocycles. The molecule has 156 valence electrons. The maximum absolute atomic E-state index is 12.9. The van der Waals surface area contributed by atoms with Crippen molar-refractivity contribution in [3.8, 4) is 23.3 Å². The molecule has 1 heterocycles. The maximum Gasteiger partial charge on any atom is 0.262 e. The molecule has 0 aromatic heterocycles. The molecule has 0 fully saturated rings. The molecular formula is C22H23N3O5. The number of hydrogen-bond acceptors (Lipinski definition) is 6. The highest BCUT2D eigenvalue weighted by atomic mass is 16.5. The van der Waals surface area contributed by atoms with Gasteiger partial charge < -0.3 is 24.4 Å². The molecule has 3 rings (SSSR count). The number of rotatable bonds is 7. The first-order valence-corrected chi connectivity index (χ1v) is 9.56. The van der Waals surface area contributed by atoms with Crippen LogP contribution in [0.5, 0.6) is 17.2 Å². The molecular weight excluding hydrogens is 386 g/mol. The van der Waals surface area contributed by atoms with Crippen LogP contribution in [0.3, 0.4) is 0 Å². The lowest BCUT2D eigenvalue weighted by Crippen LogP contribution is -2.50. The fourth-order valence-corrected chi connectivity index (χ4v) is 3.16. The zero-order valence-electron chi connectivity index (χ0n) is 16.9. The van der Waals surface area contributed by atoms with Crippen LogP contribution in [0, 0.1) is 11.3 Å². The van der Waals surface area contributed by atoms with Gasteiger partial charge in [0, 0.05) is 19.5 Å². The zero-order valence-corrected chi connectivity index (χ0v) is 16.9. The lowest BCUT2D eigenvalue weighted by Gasteiger charge is -2.34. The molecule has 2 amide bonds. The van der Waals surface area contributed by atoms with E-state index in [0.717, 1.165) is 0 Å². The number of hydrogen-bond donors (Lipinski definition) is 1. The summed E-state index contributed by atoms with van der Waals surface area (Å²) in [6, 6.07) is 14.1. The van der Waals surface area contributed by atoms with Crippen molar-refractivity contribution in [2.45, 2.75) is 18.9 Å². The highest BCUT2D eigenvalue weighted by molar-refractivity contribution is 5.97. The van der Waals surface area contributed by atoms with Crippen molar-refractivity contribution in [1.82, 2.24) is 5.32 Å². The first-order valence-electron chi connectivity index (χ1n) is 9.56. The fourth-order valence-electron chi connectivity index (χ4n) is 3.16. The Bertz CT molecular complexity index is 969. The third-order valence-electron chi connectivity index (χ3n) is 4.70. The van der Waals surface area contributed by atoms with Gasteiger partial charge in [0.05, 0.1) is 37.6 Å². The van der Waals surface area contributed by atoms with Gasteiger partial charge in [-0.2, -0.15) is 5.26 Å². The van der Waals surface area contributed by atoms with E-state index in [0.29, 0.717) is 41.5 Å². The first kappa shape index (κ1) is 21.0. The number of anilines is 1. The minimum absolute atomic E-state index is 0.116. The molecule has 0 bridgehead atoms. The number of carbonyl (C=O) groups excluding carboxylic acids is 2. The summed E-state index contributed by atoms with van der Waals surface area (Å²) in [5, 5.41) is 11.5. The molecule has 1 aliphatic rings. The number of nitrogens with zero attached hydrogens (tertiary/aromatic N) is 2. The van der Waals surface area contributed by atoms with E-state index >= 15 is 0 Å². The number of nitrogens with one attached hydrogen (secondary N) is 1. The molecule has 8 heteroatoms. The Balaban J connectivity index is 1.61. The predicted octanol–water partition coefficient (Wildman–Crippen LogP) is 2.27. The molecule has 1 aliphatic heterocycles. The smallest absolute Gasteiger partial charge is 0.262 e. The molecule has 0 unspecified atom stereocenters. The second-order valence-electron chi connectivity index (χ2n) is 6.62. The van der Waals surface area contributed by atoms with Crippen LogP contribution in [0.4, 0.5) is 5.69 Å². The molecule has 2 aromatic rings. The van der Waals surface area contributed by atoms with Crippen molar-refractivity contribution in [2.75, 3.05) is 32.2 Å². The summed E-state index contributed by atoms with van der Waals surface area (Å²) in [5.74, 6) is 1.09. The molecule has 1 atom stereocenters. The van der Waals surface area contributed by atoms with Crippen LogP contribution in [-0.2, 0) is 9.59 Å². The fraction of sp³-hybridized carbons (Fsp3) is 0.318. The Labute approximate surface area is 174 Å². The van der Waals surface area contributed by atoms with E-state index in [-0.39, 0.29) is 24.8 Å². The third kappa shape index (κ3) is 4.63. The predicted molar refractivity (Wildman–Crippen MR) is 110 cm³/mol. The van der Waals surface area contributed by atoms with Gasteiger partial charge >= 0.3 is 0 Å². The Kier molecular flexibility index (Phi) is 6.75. The number of amides is 2. The third-order valence-corrected chi connectivity index (χ3v) is 4.70. The Morgan fingerprint density at radius 1 is 1.27 bits per heavy atom. The standard InChI is InChI=1S/C22H23N3O5/c1-24-22(27)20-14-25(16-6-3-4-7-17(16)30-20)21(26)8-5-11-29-18-10-9-15(13-23)12-19(18)28-2/h3-4,6-7,9-10,12,20H,5,8,11,14H2,1-2H3,(H,24,27)/t20-/m1/s1. The van der Waals surface area contributed by atoms with E-state index in [1.165, 1.54) is 14.2 Å². The molecule has 2 aromatic carbocycles. The van der Waals surface area contributed by atoms with Crippen LogP contribution in [-0.4, -0.2) is 45.2 Å². The molecule has 0 spiro atoms. The Hall–Kier alpha value is -3.73. The molecule has 0 radical (unpaired) electrons. The molecule has 0 aliphatic carbocycles. The first-order chi connectivity index (χ1) is 14.6. The minimum Gasteiger partial charge on any atom is -0.493 e. The summed E-state index contributed by atoms with van der Waals surface area (Å²) in [7, 11) is 3.04. The van der Waals surface area contributed by atoms with Gasteiger partial charge in [0.1, 0.15) is 5.75 Å². The van der Waals surface area contributed by atoms with Crippen LogP contribution in [0.15, 0.2) is 42.5 Å². The van der Waals surface area contributed by atoms with E-state index in [9.17, 15) is 9.59 Å². The second-order valence-corrected chi connectivity index (χ2v) is 6.62. The number of fused-ring (bicyclic) bond motifs is 1. The van der Waals surface area contributed by atoms with Gasteiger partial charge in [0.15, 0.2) is 17.6 Å². The van der Waals surface area contributed by atoms with Crippen molar-refractivity contribution < 1.29 is 23.8 Å². The van der Waals surface area contributed by atoms with Crippen LogP contribution >= 0.6 is 0 Å². The van der Waals surface area contributed by atoms with E-state index in [1.807, 2.05) is 12.1 Å². The molecule has 1 N–H and O–H groups in total. The number of para-hydroxylation sites is 2. The summed E-state index contributed by atoms with van der Waals surface area (Å²) in [4.78, 5) is 26.5. The van der Waals surface area contributed by atoms with Crippen molar-refractivity contribution in [3.05, 3.63) is 48.0 Å². The van der Waals surface area contributed by atoms with Gasteiger partial charge in [0.2, 0.25) is 5.91 Å². The largest absolute Gasteiger partial charge is 0.493 e. The lowest BCUT2D eigenvalue weighted by atomic mass is 10.1. The SMILES string of the molecule is CNC(=O)[C@H]1CN(C(=O)CCCOc2ccc(C#N)cc2OC)c2ccccc2O1. The van der Waals surface area contributed by atoms with Gasteiger partial charge in [-0.1, -0.05) is 12.1 Å². The molecule has 8 nitrogen and oxygen atoms in total. The summed E-state index contributed by atoms with van der Waals surface area (Å²) in [6.07, 6.45) is -0.0347. The number of nitriles is 1. The van der Waals surface area contributed by atoms with Crippen LogP contribution in [0.25, 0.3) is 0 Å². The van der Waals surface area contributed by atoms with Gasteiger partial charge in [0.25, 0.3) is 5.91 Å². The van der Waals surface area contributed by atoms with Gasteiger partial charge in [-0.25, -0.2) is 0 Å². The highest BCUT2D eigenvalue weighted by Crippen LogP contribution is 2.34. The van der Waals surface area contributed by atoms with E-state index in [4.69, 9.17) is 19.5 Å².